The van der Waals surface area contributed by atoms with Crippen molar-refractivity contribution in [3.63, 3.8) is 0 Å². The van der Waals surface area contributed by atoms with E-state index in [0.717, 1.165) is 25.9 Å². The molecule has 1 aliphatic rings. The van der Waals surface area contributed by atoms with Gasteiger partial charge in [0.1, 0.15) is 11.5 Å². The Labute approximate surface area is 101 Å². The fourth-order valence-electron chi connectivity index (χ4n) is 1.91. The number of rotatable bonds is 2. The van der Waals surface area contributed by atoms with Gasteiger partial charge in [-0.05, 0) is 31.4 Å². The average molecular weight is 235 g/mol. The molecule has 0 saturated carbocycles. The lowest BCUT2D eigenvalue weighted by atomic mass is 10.1. The Balaban J connectivity index is 1.96. The number of hydrogen-bond acceptors (Lipinski definition) is 3. The first kappa shape index (κ1) is 11.8. The molecule has 1 aromatic carbocycles. The molecule has 92 valence electrons. The Hall–Kier alpha value is -1.71. The van der Waals surface area contributed by atoms with Gasteiger partial charge in [-0.2, -0.15) is 0 Å². The van der Waals surface area contributed by atoms with Gasteiger partial charge in [0.25, 0.3) is 0 Å². The number of carbonyl (C=O) groups is 1. The molecule has 0 atom stereocenters. The van der Waals surface area contributed by atoms with Crippen LogP contribution in [0.5, 0.6) is 11.5 Å². The Kier molecular flexibility index (Phi) is 3.85. The van der Waals surface area contributed by atoms with Crippen LogP contribution in [0.4, 0.5) is 4.79 Å². The van der Waals surface area contributed by atoms with Crippen molar-refractivity contribution in [3.8, 4) is 11.5 Å². The molecule has 1 saturated heterocycles. The quantitative estimate of drug-likeness (QED) is 0.791. The topological polar surface area (TPSA) is 38.8 Å². The third-order valence-electron chi connectivity index (χ3n) is 2.86. The van der Waals surface area contributed by atoms with Crippen molar-refractivity contribution < 1.29 is 14.3 Å². The summed E-state index contributed by atoms with van der Waals surface area (Å²) in [5.41, 5.74) is 0. The minimum Gasteiger partial charge on any atom is -0.497 e. The maximum atomic E-state index is 11.8. The van der Waals surface area contributed by atoms with E-state index >= 15 is 0 Å². The molecule has 4 heteroatoms. The Morgan fingerprint density at radius 2 is 1.88 bits per heavy atom. The van der Waals surface area contributed by atoms with Gasteiger partial charge in [-0.1, -0.05) is 6.07 Å². The van der Waals surface area contributed by atoms with Crippen LogP contribution in [0.3, 0.4) is 0 Å². The summed E-state index contributed by atoms with van der Waals surface area (Å²) in [6, 6.07) is 7.09. The first-order valence-electron chi connectivity index (χ1n) is 5.90. The Morgan fingerprint density at radius 1 is 1.18 bits per heavy atom. The van der Waals surface area contributed by atoms with Gasteiger partial charge in [0.05, 0.1) is 7.11 Å². The van der Waals surface area contributed by atoms with E-state index in [1.54, 1.807) is 30.2 Å². The van der Waals surface area contributed by atoms with E-state index in [1.807, 2.05) is 6.07 Å². The number of hydrogen-bond donors (Lipinski definition) is 0. The van der Waals surface area contributed by atoms with Crippen molar-refractivity contribution in [3.05, 3.63) is 24.3 Å². The summed E-state index contributed by atoms with van der Waals surface area (Å²) in [7, 11) is 1.59. The first-order valence-corrected chi connectivity index (χ1v) is 5.90. The molecule has 2 rings (SSSR count). The van der Waals surface area contributed by atoms with Gasteiger partial charge in [0.15, 0.2) is 0 Å². The largest absolute Gasteiger partial charge is 0.497 e. The molecule has 0 aromatic heterocycles. The number of amides is 1. The van der Waals surface area contributed by atoms with E-state index in [2.05, 4.69) is 0 Å². The number of methoxy groups -OCH3 is 1. The van der Waals surface area contributed by atoms with Crippen LogP contribution < -0.4 is 9.47 Å². The van der Waals surface area contributed by atoms with E-state index in [9.17, 15) is 4.79 Å². The predicted molar refractivity (Wildman–Crippen MR) is 64.4 cm³/mol. The van der Waals surface area contributed by atoms with E-state index < -0.39 is 0 Å². The van der Waals surface area contributed by atoms with E-state index in [-0.39, 0.29) is 6.09 Å². The molecule has 4 nitrogen and oxygen atoms in total. The van der Waals surface area contributed by atoms with Crippen molar-refractivity contribution in [1.82, 2.24) is 4.90 Å². The summed E-state index contributed by atoms with van der Waals surface area (Å²) in [4.78, 5) is 13.6. The van der Waals surface area contributed by atoms with Gasteiger partial charge in [0, 0.05) is 19.2 Å². The SMILES string of the molecule is COc1cccc(OC(=O)N2CCCCC2)c1. The first-order chi connectivity index (χ1) is 8.29. The zero-order valence-corrected chi connectivity index (χ0v) is 10.0. The average Bonchev–Trinajstić information content (AvgIpc) is 2.40. The number of ether oxygens (including phenoxy) is 2. The van der Waals surface area contributed by atoms with Crippen LogP contribution in [-0.4, -0.2) is 31.2 Å². The highest BCUT2D eigenvalue weighted by molar-refractivity contribution is 5.70. The van der Waals surface area contributed by atoms with Crippen LogP contribution in [0.25, 0.3) is 0 Å². The van der Waals surface area contributed by atoms with Gasteiger partial charge in [-0.3, -0.25) is 0 Å². The normalized spacial score (nSPS) is 15.5. The molecule has 0 N–H and O–H groups in total. The number of carbonyl (C=O) groups excluding carboxylic acids is 1. The van der Waals surface area contributed by atoms with Crippen molar-refractivity contribution in [2.24, 2.45) is 0 Å². The molecular formula is C13H17NO3. The van der Waals surface area contributed by atoms with Crippen LogP contribution in [0.2, 0.25) is 0 Å². The lowest BCUT2D eigenvalue weighted by Gasteiger charge is -2.25. The van der Waals surface area contributed by atoms with Crippen molar-refractivity contribution >= 4 is 6.09 Å². The molecule has 0 spiro atoms. The Bertz CT molecular complexity index is 386. The Morgan fingerprint density at radius 3 is 2.59 bits per heavy atom. The smallest absolute Gasteiger partial charge is 0.415 e. The fourth-order valence-corrected chi connectivity index (χ4v) is 1.91. The molecule has 1 fully saturated rings. The van der Waals surface area contributed by atoms with Gasteiger partial charge in [-0.25, -0.2) is 4.79 Å². The number of piperidine rings is 1. The molecule has 0 bridgehead atoms. The van der Waals surface area contributed by atoms with Crippen LogP contribution in [0.1, 0.15) is 19.3 Å². The van der Waals surface area contributed by atoms with E-state index in [1.165, 1.54) is 6.42 Å². The zero-order valence-electron chi connectivity index (χ0n) is 10.0. The van der Waals surface area contributed by atoms with Crippen LogP contribution in [-0.2, 0) is 0 Å². The van der Waals surface area contributed by atoms with Crippen molar-refractivity contribution in [2.75, 3.05) is 20.2 Å². The number of benzene rings is 1. The predicted octanol–water partition coefficient (Wildman–Crippen LogP) is 2.68. The highest BCUT2D eigenvalue weighted by Crippen LogP contribution is 2.20. The lowest BCUT2D eigenvalue weighted by Crippen LogP contribution is -2.37. The van der Waals surface area contributed by atoms with Gasteiger partial charge in [0.2, 0.25) is 0 Å². The van der Waals surface area contributed by atoms with Crippen LogP contribution >= 0.6 is 0 Å². The molecular weight excluding hydrogens is 218 g/mol. The molecule has 1 aliphatic heterocycles. The number of nitrogens with zero attached hydrogens (tertiary/aromatic N) is 1. The number of likely N-dealkylation sites (tertiary alicyclic amines) is 1. The molecule has 0 aliphatic carbocycles. The van der Waals surface area contributed by atoms with Gasteiger partial charge < -0.3 is 14.4 Å². The highest BCUT2D eigenvalue weighted by Gasteiger charge is 2.18. The highest BCUT2D eigenvalue weighted by atomic mass is 16.6. The second-order valence-corrected chi connectivity index (χ2v) is 4.09. The minimum atomic E-state index is -0.266. The molecule has 1 amide bonds. The summed E-state index contributed by atoms with van der Waals surface area (Å²) in [5.74, 6) is 1.22. The third-order valence-corrected chi connectivity index (χ3v) is 2.86. The van der Waals surface area contributed by atoms with Crippen molar-refractivity contribution in [2.45, 2.75) is 19.3 Å². The minimum absolute atomic E-state index is 0.266. The summed E-state index contributed by atoms with van der Waals surface area (Å²) in [6.07, 6.45) is 3.06. The van der Waals surface area contributed by atoms with Crippen LogP contribution in [0.15, 0.2) is 24.3 Å². The molecule has 17 heavy (non-hydrogen) atoms. The monoisotopic (exact) mass is 235 g/mol. The molecule has 1 aromatic rings. The standard InChI is InChI=1S/C13H17NO3/c1-16-11-6-5-7-12(10-11)17-13(15)14-8-3-2-4-9-14/h5-7,10H,2-4,8-9H2,1H3. The maximum Gasteiger partial charge on any atom is 0.415 e. The summed E-state index contributed by atoms with van der Waals surface area (Å²) >= 11 is 0. The summed E-state index contributed by atoms with van der Waals surface area (Å²) in [6.45, 7) is 1.59. The summed E-state index contributed by atoms with van der Waals surface area (Å²) in [5, 5.41) is 0. The molecule has 1 heterocycles. The van der Waals surface area contributed by atoms with E-state index in [4.69, 9.17) is 9.47 Å². The third kappa shape index (κ3) is 3.12. The van der Waals surface area contributed by atoms with Gasteiger partial charge in [-0.15, -0.1) is 0 Å². The van der Waals surface area contributed by atoms with Gasteiger partial charge >= 0.3 is 6.09 Å². The van der Waals surface area contributed by atoms with E-state index in [0.29, 0.717) is 11.5 Å². The second kappa shape index (κ2) is 5.57. The summed E-state index contributed by atoms with van der Waals surface area (Å²) < 4.78 is 10.4. The lowest BCUT2D eigenvalue weighted by molar-refractivity contribution is 0.142. The molecule has 0 unspecified atom stereocenters. The molecule has 0 radical (unpaired) electrons. The maximum absolute atomic E-state index is 11.8. The van der Waals surface area contributed by atoms with Crippen molar-refractivity contribution in [1.29, 1.82) is 0 Å². The fraction of sp³-hybridized carbons (Fsp3) is 0.462. The van der Waals surface area contributed by atoms with Crippen LogP contribution in [0, 0.1) is 0 Å². The second-order valence-electron chi connectivity index (χ2n) is 4.09. The zero-order chi connectivity index (χ0) is 12.1.